The highest BCUT2D eigenvalue weighted by molar-refractivity contribution is 7.08. The van der Waals surface area contributed by atoms with Crippen molar-refractivity contribution in [3.63, 3.8) is 0 Å². The highest BCUT2D eigenvalue weighted by Crippen LogP contribution is 2.26. The summed E-state index contributed by atoms with van der Waals surface area (Å²) in [5, 5.41) is 6.86. The monoisotopic (exact) mass is 243 g/mol. The molecule has 2 nitrogen and oxygen atoms in total. The molecule has 1 fully saturated rings. The van der Waals surface area contributed by atoms with Crippen LogP contribution in [0.15, 0.2) is 16.8 Å². The van der Waals surface area contributed by atoms with E-state index >= 15 is 0 Å². The molecule has 15 heavy (non-hydrogen) atoms. The topological polar surface area (TPSA) is 29.1 Å². The Morgan fingerprint density at radius 2 is 2.47 bits per heavy atom. The number of alkyl halides is 1. The van der Waals surface area contributed by atoms with Gasteiger partial charge in [0, 0.05) is 22.9 Å². The molecule has 1 heterocycles. The number of hydrogen-bond acceptors (Lipinski definition) is 2. The van der Waals surface area contributed by atoms with Crippen molar-refractivity contribution in [2.24, 2.45) is 5.92 Å². The minimum Gasteiger partial charge on any atom is -0.349 e. The molecule has 0 spiro atoms. The van der Waals surface area contributed by atoms with Crippen LogP contribution in [0.1, 0.15) is 29.6 Å². The molecule has 1 aliphatic rings. The summed E-state index contributed by atoms with van der Waals surface area (Å²) < 4.78 is 0. The second-order valence-electron chi connectivity index (χ2n) is 3.94. The van der Waals surface area contributed by atoms with Gasteiger partial charge in [0.05, 0.1) is 0 Å². The molecule has 1 aromatic heterocycles. The van der Waals surface area contributed by atoms with Crippen LogP contribution in [0.2, 0.25) is 0 Å². The molecule has 1 aromatic rings. The van der Waals surface area contributed by atoms with Gasteiger partial charge < -0.3 is 5.32 Å². The third kappa shape index (κ3) is 2.52. The van der Waals surface area contributed by atoms with E-state index in [1.165, 1.54) is 6.42 Å². The molecule has 0 saturated heterocycles. The van der Waals surface area contributed by atoms with Gasteiger partial charge in [0.25, 0.3) is 5.91 Å². The number of halogens is 1. The fourth-order valence-corrected chi connectivity index (χ4v) is 3.06. The Morgan fingerprint density at radius 3 is 3.13 bits per heavy atom. The number of hydrogen-bond donors (Lipinski definition) is 1. The fourth-order valence-electron chi connectivity index (χ4n) is 2.06. The first-order valence-corrected chi connectivity index (χ1v) is 6.68. The fraction of sp³-hybridized carbons (Fsp3) is 0.545. The summed E-state index contributed by atoms with van der Waals surface area (Å²) in [7, 11) is 0. The average molecular weight is 244 g/mol. The predicted octanol–water partition coefficient (Wildman–Crippen LogP) is 2.89. The van der Waals surface area contributed by atoms with E-state index in [-0.39, 0.29) is 11.9 Å². The number of carbonyl (C=O) groups excluding carboxylic acids is 1. The van der Waals surface area contributed by atoms with Crippen LogP contribution in [0.5, 0.6) is 0 Å². The number of nitrogens with one attached hydrogen (secondary N) is 1. The zero-order valence-electron chi connectivity index (χ0n) is 8.41. The van der Waals surface area contributed by atoms with Gasteiger partial charge in [-0.1, -0.05) is 6.42 Å². The van der Waals surface area contributed by atoms with Crippen molar-refractivity contribution in [2.45, 2.75) is 25.3 Å². The largest absolute Gasteiger partial charge is 0.349 e. The minimum atomic E-state index is 0.0401. The Balaban J connectivity index is 1.94. The van der Waals surface area contributed by atoms with E-state index in [1.807, 2.05) is 16.8 Å². The van der Waals surface area contributed by atoms with Crippen LogP contribution in [0, 0.1) is 5.92 Å². The molecule has 2 atom stereocenters. The van der Waals surface area contributed by atoms with Crippen LogP contribution in [0.25, 0.3) is 0 Å². The molecule has 2 rings (SSSR count). The van der Waals surface area contributed by atoms with Crippen molar-refractivity contribution < 1.29 is 4.79 Å². The summed E-state index contributed by atoms with van der Waals surface area (Å²) in [5.74, 6) is 1.14. The standard InChI is InChI=1S/C11H14ClNOS/c12-6-8-2-1-3-10(8)13-11(14)9-4-5-15-7-9/h4-5,7-8,10H,1-3,6H2,(H,13,14). The summed E-state index contributed by atoms with van der Waals surface area (Å²) in [4.78, 5) is 11.8. The van der Waals surface area contributed by atoms with Gasteiger partial charge >= 0.3 is 0 Å². The van der Waals surface area contributed by atoms with Crippen molar-refractivity contribution in [1.82, 2.24) is 5.32 Å². The van der Waals surface area contributed by atoms with Crippen molar-refractivity contribution in [2.75, 3.05) is 5.88 Å². The summed E-state index contributed by atoms with van der Waals surface area (Å²) in [6.07, 6.45) is 3.37. The number of amides is 1. The van der Waals surface area contributed by atoms with Crippen LogP contribution >= 0.6 is 22.9 Å². The van der Waals surface area contributed by atoms with Gasteiger partial charge in [-0.3, -0.25) is 4.79 Å². The van der Waals surface area contributed by atoms with Gasteiger partial charge in [-0.15, -0.1) is 11.6 Å². The lowest BCUT2D eigenvalue weighted by Crippen LogP contribution is -2.37. The van der Waals surface area contributed by atoms with Crippen molar-refractivity contribution >= 4 is 28.8 Å². The molecular formula is C11H14ClNOS. The molecular weight excluding hydrogens is 230 g/mol. The van der Waals surface area contributed by atoms with Crippen molar-refractivity contribution in [3.8, 4) is 0 Å². The first kappa shape index (κ1) is 11.0. The third-order valence-corrected chi connectivity index (χ3v) is 4.04. The Hall–Kier alpha value is -0.540. The molecule has 1 amide bonds. The lowest BCUT2D eigenvalue weighted by molar-refractivity contribution is 0.0930. The SMILES string of the molecule is O=C(NC1CCCC1CCl)c1ccsc1. The van der Waals surface area contributed by atoms with Crippen LogP contribution in [-0.4, -0.2) is 17.8 Å². The zero-order chi connectivity index (χ0) is 10.7. The first-order valence-electron chi connectivity index (χ1n) is 5.20. The van der Waals surface area contributed by atoms with E-state index < -0.39 is 0 Å². The van der Waals surface area contributed by atoms with Crippen LogP contribution in [0.4, 0.5) is 0 Å². The quantitative estimate of drug-likeness (QED) is 0.813. The van der Waals surface area contributed by atoms with E-state index in [9.17, 15) is 4.79 Å². The van der Waals surface area contributed by atoms with Crippen LogP contribution in [-0.2, 0) is 0 Å². The molecule has 0 aromatic carbocycles. The summed E-state index contributed by atoms with van der Waals surface area (Å²) in [6, 6.07) is 2.12. The highest BCUT2D eigenvalue weighted by Gasteiger charge is 2.27. The Bertz CT molecular complexity index is 325. The Kier molecular flexibility index (Phi) is 3.65. The molecule has 1 aliphatic carbocycles. The smallest absolute Gasteiger partial charge is 0.252 e. The molecule has 2 unspecified atom stereocenters. The van der Waals surface area contributed by atoms with Crippen molar-refractivity contribution in [1.29, 1.82) is 0 Å². The number of thiophene rings is 1. The maximum atomic E-state index is 11.8. The van der Waals surface area contributed by atoms with Crippen LogP contribution in [0.3, 0.4) is 0 Å². The minimum absolute atomic E-state index is 0.0401. The molecule has 1 saturated carbocycles. The molecule has 4 heteroatoms. The normalized spacial score (nSPS) is 25.4. The predicted molar refractivity (Wildman–Crippen MR) is 63.6 cm³/mol. The maximum Gasteiger partial charge on any atom is 0.252 e. The second-order valence-corrected chi connectivity index (χ2v) is 5.03. The Morgan fingerprint density at radius 1 is 1.60 bits per heavy atom. The highest BCUT2D eigenvalue weighted by atomic mass is 35.5. The maximum absolute atomic E-state index is 11.8. The Labute approximate surface area is 98.6 Å². The van der Waals surface area contributed by atoms with Crippen LogP contribution < -0.4 is 5.32 Å². The summed E-state index contributed by atoms with van der Waals surface area (Å²) in [6.45, 7) is 0. The molecule has 1 N–H and O–H groups in total. The van der Waals surface area contributed by atoms with E-state index in [0.717, 1.165) is 18.4 Å². The zero-order valence-corrected chi connectivity index (χ0v) is 9.98. The molecule has 0 bridgehead atoms. The summed E-state index contributed by atoms with van der Waals surface area (Å²) in [5.41, 5.74) is 0.764. The molecule has 0 radical (unpaired) electrons. The van der Waals surface area contributed by atoms with Gasteiger partial charge in [-0.05, 0) is 30.2 Å². The molecule has 0 aliphatic heterocycles. The van der Waals surface area contributed by atoms with E-state index in [2.05, 4.69) is 5.32 Å². The van der Waals surface area contributed by atoms with Gasteiger partial charge in [-0.2, -0.15) is 11.3 Å². The molecule has 82 valence electrons. The average Bonchev–Trinajstić information content (AvgIpc) is 2.87. The van der Waals surface area contributed by atoms with E-state index in [4.69, 9.17) is 11.6 Å². The van der Waals surface area contributed by atoms with Crippen molar-refractivity contribution in [3.05, 3.63) is 22.4 Å². The first-order chi connectivity index (χ1) is 7.31. The number of carbonyl (C=O) groups is 1. The second kappa shape index (κ2) is 4.99. The lowest BCUT2D eigenvalue weighted by Gasteiger charge is -2.18. The lowest BCUT2D eigenvalue weighted by atomic mass is 10.1. The van der Waals surface area contributed by atoms with Gasteiger partial charge in [0.2, 0.25) is 0 Å². The summed E-state index contributed by atoms with van der Waals surface area (Å²) >= 11 is 7.41. The third-order valence-electron chi connectivity index (χ3n) is 2.96. The van der Waals surface area contributed by atoms with Gasteiger partial charge in [-0.25, -0.2) is 0 Å². The number of rotatable bonds is 3. The van der Waals surface area contributed by atoms with E-state index in [1.54, 1.807) is 11.3 Å². The van der Waals surface area contributed by atoms with Gasteiger partial charge in [0.1, 0.15) is 0 Å². The van der Waals surface area contributed by atoms with E-state index in [0.29, 0.717) is 11.8 Å². The van der Waals surface area contributed by atoms with Gasteiger partial charge in [0.15, 0.2) is 0 Å².